The highest BCUT2D eigenvalue weighted by Crippen LogP contribution is 2.14. The van der Waals surface area contributed by atoms with E-state index < -0.39 is 0 Å². The Labute approximate surface area is 76.6 Å². The van der Waals surface area contributed by atoms with Gasteiger partial charge in [0.25, 0.3) is 0 Å². The first kappa shape index (κ1) is 9.29. The molecular formula is C8H11ClN2O. The number of halogens is 1. The average molecular weight is 187 g/mol. The summed E-state index contributed by atoms with van der Waals surface area (Å²) in [5, 5.41) is 9.15. The van der Waals surface area contributed by atoms with E-state index in [1.165, 1.54) is 0 Å². The molecule has 0 fully saturated rings. The van der Waals surface area contributed by atoms with Gasteiger partial charge < -0.3 is 10.0 Å². The largest absolute Gasteiger partial charge is 0.395 e. The lowest BCUT2D eigenvalue weighted by molar-refractivity contribution is 0.304. The molecule has 0 atom stereocenters. The molecule has 0 saturated carbocycles. The molecule has 0 unspecified atom stereocenters. The molecule has 1 rings (SSSR count). The second-order valence-corrected chi connectivity index (χ2v) is 2.87. The first-order valence-corrected chi connectivity index (χ1v) is 4.05. The summed E-state index contributed by atoms with van der Waals surface area (Å²) in [5.74, 6) is 0. The first-order chi connectivity index (χ1) is 5.74. The summed E-state index contributed by atoms with van der Waals surface area (Å²) < 4.78 is 0. The molecule has 0 saturated heterocycles. The predicted octanol–water partition coefficient (Wildman–Crippen LogP) is 1.16. The molecule has 0 aromatic carbocycles. The summed E-state index contributed by atoms with van der Waals surface area (Å²) in [4.78, 5) is 5.77. The minimum absolute atomic E-state index is 0.135. The Morgan fingerprint density at radius 2 is 2.42 bits per heavy atom. The number of rotatable bonds is 3. The van der Waals surface area contributed by atoms with Crippen LogP contribution in [0.3, 0.4) is 0 Å². The Morgan fingerprint density at radius 1 is 1.67 bits per heavy atom. The quantitative estimate of drug-likeness (QED) is 0.720. The van der Waals surface area contributed by atoms with Crippen molar-refractivity contribution in [3.63, 3.8) is 0 Å². The van der Waals surface area contributed by atoms with Crippen molar-refractivity contribution in [2.24, 2.45) is 0 Å². The Bertz CT molecular complexity index is 255. The van der Waals surface area contributed by atoms with Gasteiger partial charge in [0, 0.05) is 25.5 Å². The summed E-state index contributed by atoms with van der Waals surface area (Å²) in [6.07, 6.45) is 1.64. The monoisotopic (exact) mass is 186 g/mol. The van der Waals surface area contributed by atoms with E-state index >= 15 is 0 Å². The second kappa shape index (κ2) is 4.28. The van der Waals surface area contributed by atoms with Gasteiger partial charge >= 0.3 is 0 Å². The van der Waals surface area contributed by atoms with Crippen LogP contribution in [0.25, 0.3) is 0 Å². The fourth-order valence-electron chi connectivity index (χ4n) is 0.909. The maximum absolute atomic E-state index is 8.68. The molecule has 1 aromatic rings. The van der Waals surface area contributed by atoms with Gasteiger partial charge in [0.1, 0.15) is 5.15 Å². The lowest BCUT2D eigenvalue weighted by Crippen LogP contribution is -2.20. The molecule has 3 nitrogen and oxygen atoms in total. The molecule has 0 radical (unpaired) electrons. The van der Waals surface area contributed by atoms with Crippen molar-refractivity contribution in [3.05, 3.63) is 23.5 Å². The SMILES string of the molecule is CN(CCO)c1ccnc(Cl)c1. The Balaban J connectivity index is 2.73. The van der Waals surface area contributed by atoms with Crippen LogP contribution in [-0.4, -0.2) is 30.3 Å². The maximum Gasteiger partial charge on any atom is 0.131 e. The molecule has 1 heterocycles. The van der Waals surface area contributed by atoms with Crippen molar-refractivity contribution < 1.29 is 5.11 Å². The molecule has 1 N–H and O–H groups in total. The van der Waals surface area contributed by atoms with Gasteiger partial charge in [-0.3, -0.25) is 0 Å². The zero-order valence-corrected chi connectivity index (χ0v) is 7.62. The van der Waals surface area contributed by atoms with E-state index in [2.05, 4.69) is 4.98 Å². The van der Waals surface area contributed by atoms with E-state index in [0.717, 1.165) is 5.69 Å². The average Bonchev–Trinajstić information content (AvgIpc) is 2.05. The van der Waals surface area contributed by atoms with Gasteiger partial charge in [-0.2, -0.15) is 0 Å². The first-order valence-electron chi connectivity index (χ1n) is 3.67. The van der Waals surface area contributed by atoms with Crippen LogP contribution in [0.4, 0.5) is 5.69 Å². The summed E-state index contributed by atoms with van der Waals surface area (Å²) in [7, 11) is 1.89. The number of nitrogens with zero attached hydrogens (tertiary/aromatic N) is 2. The number of pyridine rings is 1. The number of anilines is 1. The van der Waals surface area contributed by atoms with E-state index in [1.54, 1.807) is 12.3 Å². The minimum Gasteiger partial charge on any atom is -0.395 e. The van der Waals surface area contributed by atoms with Gasteiger partial charge in [0.2, 0.25) is 0 Å². The van der Waals surface area contributed by atoms with Gasteiger partial charge in [0.15, 0.2) is 0 Å². The number of aromatic nitrogens is 1. The molecule has 12 heavy (non-hydrogen) atoms. The van der Waals surface area contributed by atoms with Crippen molar-refractivity contribution in [2.75, 3.05) is 25.1 Å². The smallest absolute Gasteiger partial charge is 0.131 e. The van der Waals surface area contributed by atoms with Crippen LogP contribution in [0.15, 0.2) is 18.3 Å². The van der Waals surface area contributed by atoms with Crippen LogP contribution < -0.4 is 4.90 Å². The van der Waals surface area contributed by atoms with Crippen molar-refractivity contribution in [2.45, 2.75) is 0 Å². The van der Waals surface area contributed by atoms with E-state index in [1.807, 2.05) is 18.0 Å². The van der Waals surface area contributed by atoms with Crippen LogP contribution in [0.1, 0.15) is 0 Å². The molecule has 0 aliphatic carbocycles. The van der Waals surface area contributed by atoms with E-state index in [4.69, 9.17) is 16.7 Å². The number of likely N-dealkylation sites (N-methyl/N-ethyl adjacent to an activating group) is 1. The maximum atomic E-state index is 8.68. The van der Waals surface area contributed by atoms with Crippen molar-refractivity contribution >= 4 is 17.3 Å². The zero-order chi connectivity index (χ0) is 8.97. The molecule has 1 aromatic heterocycles. The number of hydrogen-bond acceptors (Lipinski definition) is 3. The summed E-state index contributed by atoms with van der Waals surface area (Å²) >= 11 is 5.69. The van der Waals surface area contributed by atoms with Gasteiger partial charge in [-0.1, -0.05) is 11.6 Å². The lowest BCUT2D eigenvalue weighted by Gasteiger charge is -2.17. The molecule has 0 aliphatic heterocycles. The minimum atomic E-state index is 0.135. The Kier molecular flexibility index (Phi) is 3.31. The number of hydrogen-bond donors (Lipinski definition) is 1. The molecule has 4 heteroatoms. The fraction of sp³-hybridized carbons (Fsp3) is 0.375. The Morgan fingerprint density at radius 3 is 3.00 bits per heavy atom. The fourth-order valence-corrected chi connectivity index (χ4v) is 1.08. The molecule has 0 spiro atoms. The van der Waals surface area contributed by atoms with E-state index in [-0.39, 0.29) is 6.61 Å². The number of aliphatic hydroxyl groups is 1. The highest BCUT2D eigenvalue weighted by atomic mass is 35.5. The Hall–Kier alpha value is -0.800. The second-order valence-electron chi connectivity index (χ2n) is 2.48. The number of aliphatic hydroxyl groups excluding tert-OH is 1. The highest BCUT2D eigenvalue weighted by Gasteiger charge is 1.99. The van der Waals surface area contributed by atoms with Crippen LogP contribution in [0.5, 0.6) is 0 Å². The molecule has 0 aliphatic rings. The van der Waals surface area contributed by atoms with Gasteiger partial charge in [0.05, 0.1) is 6.61 Å². The molecule has 0 amide bonds. The normalized spacial score (nSPS) is 9.92. The third-order valence-corrected chi connectivity index (χ3v) is 1.79. The van der Waals surface area contributed by atoms with Crippen molar-refractivity contribution in [3.8, 4) is 0 Å². The zero-order valence-electron chi connectivity index (χ0n) is 6.87. The van der Waals surface area contributed by atoms with Gasteiger partial charge in [-0.15, -0.1) is 0 Å². The van der Waals surface area contributed by atoms with Crippen LogP contribution >= 0.6 is 11.6 Å². The summed E-state index contributed by atoms with van der Waals surface area (Å²) in [5.41, 5.74) is 0.962. The van der Waals surface area contributed by atoms with Crippen molar-refractivity contribution in [1.82, 2.24) is 4.98 Å². The topological polar surface area (TPSA) is 36.4 Å². The molecule has 66 valence electrons. The third kappa shape index (κ3) is 2.36. The van der Waals surface area contributed by atoms with E-state index in [9.17, 15) is 0 Å². The highest BCUT2D eigenvalue weighted by molar-refractivity contribution is 6.29. The van der Waals surface area contributed by atoms with Crippen LogP contribution in [-0.2, 0) is 0 Å². The van der Waals surface area contributed by atoms with Crippen molar-refractivity contribution in [1.29, 1.82) is 0 Å². The van der Waals surface area contributed by atoms with E-state index in [0.29, 0.717) is 11.7 Å². The standard InChI is InChI=1S/C8H11ClN2O/c1-11(4-5-12)7-2-3-10-8(9)6-7/h2-3,6,12H,4-5H2,1H3. The summed E-state index contributed by atoms with van der Waals surface area (Å²) in [6.45, 7) is 0.733. The third-order valence-electron chi connectivity index (χ3n) is 1.59. The van der Waals surface area contributed by atoms with Gasteiger partial charge in [-0.05, 0) is 12.1 Å². The lowest BCUT2D eigenvalue weighted by atomic mass is 10.4. The van der Waals surface area contributed by atoms with Crippen LogP contribution in [0, 0.1) is 0 Å². The summed E-state index contributed by atoms with van der Waals surface area (Å²) in [6, 6.07) is 3.61. The molecular weight excluding hydrogens is 176 g/mol. The van der Waals surface area contributed by atoms with Crippen LogP contribution in [0.2, 0.25) is 5.15 Å². The predicted molar refractivity (Wildman–Crippen MR) is 49.6 cm³/mol. The molecule has 0 bridgehead atoms. The van der Waals surface area contributed by atoms with Gasteiger partial charge in [-0.25, -0.2) is 4.98 Å².